The second-order valence-electron chi connectivity index (χ2n) is 6.70. The van der Waals surface area contributed by atoms with Crippen molar-refractivity contribution in [3.05, 3.63) is 24.3 Å². The van der Waals surface area contributed by atoms with Gasteiger partial charge in [0, 0.05) is 45.0 Å². The fourth-order valence-electron chi connectivity index (χ4n) is 2.59. The summed E-state index contributed by atoms with van der Waals surface area (Å²) in [6, 6.07) is 0. The summed E-state index contributed by atoms with van der Waals surface area (Å²) in [6.07, 6.45) is 7.68. The van der Waals surface area contributed by atoms with Gasteiger partial charge in [-0.05, 0) is 25.2 Å². The number of carbonyl (C=O) groups is 2. The summed E-state index contributed by atoms with van der Waals surface area (Å²) < 4.78 is 0. The number of amides is 2. The summed E-state index contributed by atoms with van der Waals surface area (Å²) in [6.45, 7) is 11.0. The smallest absolute Gasteiger partial charge is 0.274 e. The van der Waals surface area contributed by atoms with Gasteiger partial charge in [-0.2, -0.15) is 0 Å². The molecule has 6 nitrogen and oxygen atoms in total. The molecule has 1 heterocycles. The summed E-state index contributed by atoms with van der Waals surface area (Å²) in [5.74, 6) is 0.453. The van der Waals surface area contributed by atoms with Crippen LogP contribution in [0.4, 0.5) is 0 Å². The van der Waals surface area contributed by atoms with E-state index < -0.39 is 0 Å². The minimum absolute atomic E-state index is 0.116. The van der Waals surface area contributed by atoms with Crippen molar-refractivity contribution in [2.45, 2.75) is 53.4 Å². The van der Waals surface area contributed by atoms with Gasteiger partial charge in [0.2, 0.25) is 5.91 Å². The molecule has 0 saturated carbocycles. The molecule has 1 rings (SSSR count). The monoisotopic (exact) mass is 348 g/mol. The first kappa shape index (κ1) is 21.1. The zero-order valence-electron chi connectivity index (χ0n) is 16.1. The van der Waals surface area contributed by atoms with Crippen molar-refractivity contribution in [2.24, 2.45) is 5.92 Å². The Morgan fingerprint density at radius 2 is 1.68 bits per heavy atom. The van der Waals surface area contributed by atoms with Crippen LogP contribution in [0.5, 0.6) is 0 Å². The molecule has 0 radical (unpaired) electrons. The molecule has 0 atom stereocenters. The Bertz CT molecular complexity index is 513. The lowest BCUT2D eigenvalue weighted by molar-refractivity contribution is -0.131. The lowest BCUT2D eigenvalue weighted by Gasteiger charge is -2.26. The van der Waals surface area contributed by atoms with E-state index in [-0.39, 0.29) is 11.8 Å². The van der Waals surface area contributed by atoms with Crippen LogP contribution in [-0.4, -0.2) is 57.8 Å². The van der Waals surface area contributed by atoms with E-state index in [0.29, 0.717) is 31.1 Å². The molecule has 0 aliphatic heterocycles. The molecule has 25 heavy (non-hydrogen) atoms. The van der Waals surface area contributed by atoms with Crippen LogP contribution in [0.3, 0.4) is 0 Å². The van der Waals surface area contributed by atoms with Gasteiger partial charge >= 0.3 is 0 Å². The molecule has 0 saturated heterocycles. The summed E-state index contributed by atoms with van der Waals surface area (Å²) >= 11 is 0. The largest absolute Gasteiger partial charge is 0.343 e. The lowest BCUT2D eigenvalue weighted by Crippen LogP contribution is -2.38. The number of aromatic nitrogens is 2. The molecule has 0 fully saturated rings. The van der Waals surface area contributed by atoms with E-state index >= 15 is 0 Å². The van der Waals surface area contributed by atoms with Gasteiger partial charge in [0.25, 0.3) is 5.91 Å². The Morgan fingerprint density at radius 3 is 2.20 bits per heavy atom. The highest BCUT2D eigenvalue weighted by molar-refractivity contribution is 5.92. The molecule has 0 bridgehead atoms. The summed E-state index contributed by atoms with van der Waals surface area (Å²) in [5.41, 5.74) is 0.331. The zero-order valence-corrected chi connectivity index (χ0v) is 16.1. The van der Waals surface area contributed by atoms with Gasteiger partial charge < -0.3 is 9.80 Å². The van der Waals surface area contributed by atoms with Crippen LogP contribution < -0.4 is 0 Å². The number of rotatable bonds is 11. The minimum Gasteiger partial charge on any atom is -0.343 e. The van der Waals surface area contributed by atoms with Gasteiger partial charge in [-0.25, -0.2) is 4.98 Å². The van der Waals surface area contributed by atoms with Crippen LogP contribution in [0.25, 0.3) is 0 Å². The Hall–Kier alpha value is -1.98. The predicted octanol–water partition coefficient (Wildman–Crippen LogP) is 3.00. The molecule has 0 spiro atoms. The van der Waals surface area contributed by atoms with Crippen LogP contribution in [0, 0.1) is 5.92 Å². The summed E-state index contributed by atoms with van der Waals surface area (Å²) in [5, 5.41) is 0. The number of nitrogens with zero attached hydrogens (tertiary/aromatic N) is 4. The van der Waals surface area contributed by atoms with E-state index in [9.17, 15) is 9.59 Å². The Balaban J connectivity index is 2.72. The average molecular weight is 348 g/mol. The molecule has 0 aromatic carbocycles. The van der Waals surface area contributed by atoms with Crippen LogP contribution >= 0.6 is 0 Å². The van der Waals surface area contributed by atoms with Gasteiger partial charge in [0.05, 0.1) is 6.20 Å². The SMILES string of the molecule is CCCN(CCC)C(=O)CCN(CCC(C)C)C(=O)c1cnccn1. The first-order chi connectivity index (χ1) is 12.0. The second-order valence-corrected chi connectivity index (χ2v) is 6.70. The highest BCUT2D eigenvalue weighted by atomic mass is 16.2. The summed E-state index contributed by atoms with van der Waals surface area (Å²) in [7, 11) is 0. The second kappa shape index (κ2) is 11.6. The third-order valence-electron chi connectivity index (χ3n) is 3.98. The van der Waals surface area contributed by atoms with Gasteiger partial charge in [-0.3, -0.25) is 14.6 Å². The van der Waals surface area contributed by atoms with E-state index in [1.165, 1.54) is 12.4 Å². The highest BCUT2D eigenvalue weighted by Crippen LogP contribution is 2.08. The number of hydrogen-bond donors (Lipinski definition) is 0. The van der Waals surface area contributed by atoms with Crippen molar-refractivity contribution >= 4 is 11.8 Å². The first-order valence-electron chi connectivity index (χ1n) is 9.32. The maximum atomic E-state index is 12.7. The van der Waals surface area contributed by atoms with Crippen molar-refractivity contribution in [3.8, 4) is 0 Å². The van der Waals surface area contributed by atoms with E-state index in [2.05, 4.69) is 37.7 Å². The van der Waals surface area contributed by atoms with Crippen molar-refractivity contribution in [3.63, 3.8) is 0 Å². The molecule has 0 aliphatic carbocycles. The molecule has 1 aromatic heterocycles. The first-order valence-corrected chi connectivity index (χ1v) is 9.32. The van der Waals surface area contributed by atoms with Gasteiger partial charge in [0.15, 0.2) is 0 Å². The van der Waals surface area contributed by atoms with E-state index in [4.69, 9.17) is 0 Å². The zero-order chi connectivity index (χ0) is 18.7. The molecule has 0 unspecified atom stereocenters. The van der Waals surface area contributed by atoms with E-state index in [1.54, 1.807) is 11.1 Å². The molecule has 140 valence electrons. The fourth-order valence-corrected chi connectivity index (χ4v) is 2.59. The predicted molar refractivity (Wildman–Crippen MR) is 99.2 cm³/mol. The lowest BCUT2D eigenvalue weighted by atomic mass is 10.1. The average Bonchev–Trinajstić information content (AvgIpc) is 2.61. The third-order valence-corrected chi connectivity index (χ3v) is 3.98. The summed E-state index contributed by atoms with van der Waals surface area (Å²) in [4.78, 5) is 36.9. The maximum Gasteiger partial charge on any atom is 0.274 e. The topological polar surface area (TPSA) is 66.4 Å². The Kier molecular flexibility index (Phi) is 9.73. The molecular weight excluding hydrogens is 316 g/mol. The minimum atomic E-state index is -0.154. The van der Waals surface area contributed by atoms with Crippen molar-refractivity contribution in [1.29, 1.82) is 0 Å². The molecule has 1 aromatic rings. The van der Waals surface area contributed by atoms with Gasteiger partial charge in [-0.15, -0.1) is 0 Å². The van der Waals surface area contributed by atoms with Crippen molar-refractivity contribution in [2.75, 3.05) is 26.2 Å². The number of hydrogen-bond acceptors (Lipinski definition) is 4. The Labute approximate surface area is 151 Å². The van der Waals surface area contributed by atoms with Gasteiger partial charge in [0.1, 0.15) is 5.69 Å². The van der Waals surface area contributed by atoms with Crippen LogP contribution in [0.1, 0.15) is 63.9 Å². The highest BCUT2D eigenvalue weighted by Gasteiger charge is 2.20. The van der Waals surface area contributed by atoms with Crippen molar-refractivity contribution in [1.82, 2.24) is 19.8 Å². The molecule has 2 amide bonds. The molecule has 6 heteroatoms. The standard InChI is InChI=1S/C19H32N4O2/c1-5-11-22(12-6-2)18(24)8-14-23(13-7-16(3)4)19(25)17-15-20-9-10-21-17/h9-10,15-16H,5-8,11-14H2,1-4H3. The fraction of sp³-hybridized carbons (Fsp3) is 0.684. The Morgan fingerprint density at radius 1 is 1.00 bits per heavy atom. The quantitative estimate of drug-likeness (QED) is 0.616. The van der Waals surface area contributed by atoms with E-state index in [1.807, 2.05) is 4.90 Å². The van der Waals surface area contributed by atoms with Gasteiger partial charge in [-0.1, -0.05) is 27.7 Å². The molecular formula is C19H32N4O2. The van der Waals surface area contributed by atoms with Crippen LogP contribution in [0.2, 0.25) is 0 Å². The molecule has 0 aliphatic rings. The van der Waals surface area contributed by atoms with E-state index in [0.717, 1.165) is 32.4 Å². The third kappa shape index (κ3) is 7.63. The molecule has 0 N–H and O–H groups in total. The van der Waals surface area contributed by atoms with Crippen LogP contribution in [-0.2, 0) is 4.79 Å². The number of carbonyl (C=O) groups excluding carboxylic acids is 2. The maximum absolute atomic E-state index is 12.7. The normalized spacial score (nSPS) is 10.8. The van der Waals surface area contributed by atoms with Crippen LogP contribution in [0.15, 0.2) is 18.6 Å². The van der Waals surface area contributed by atoms with Crippen molar-refractivity contribution < 1.29 is 9.59 Å².